The second-order valence-corrected chi connectivity index (χ2v) is 5.70. The monoisotopic (exact) mass is 290 g/mol. The number of hydrogen-bond acceptors (Lipinski definition) is 2. The fraction of sp³-hybridized carbons (Fsp3) is 0.500. The third-order valence-electron chi connectivity index (χ3n) is 4.10. The Morgan fingerprint density at radius 2 is 1.81 bits per heavy atom. The Balaban J connectivity index is 2.05. The van der Waals surface area contributed by atoms with Crippen LogP contribution < -0.4 is 10.6 Å². The van der Waals surface area contributed by atoms with Crippen LogP contribution in [0.4, 0.5) is 10.5 Å². The molecular formula is C16H22N2O3. The molecule has 0 spiro atoms. The lowest BCUT2D eigenvalue weighted by molar-refractivity contribution is 0.0696. The van der Waals surface area contributed by atoms with Gasteiger partial charge in [0, 0.05) is 11.7 Å². The van der Waals surface area contributed by atoms with Crippen molar-refractivity contribution in [3.8, 4) is 0 Å². The summed E-state index contributed by atoms with van der Waals surface area (Å²) >= 11 is 0. The van der Waals surface area contributed by atoms with Crippen LogP contribution >= 0.6 is 0 Å². The van der Waals surface area contributed by atoms with Gasteiger partial charge in [-0.25, -0.2) is 9.59 Å². The normalized spacial score (nSPS) is 15.5. The Morgan fingerprint density at radius 1 is 1.14 bits per heavy atom. The number of urea groups is 1. The lowest BCUT2D eigenvalue weighted by Crippen LogP contribution is -2.39. The van der Waals surface area contributed by atoms with E-state index in [-0.39, 0.29) is 17.6 Å². The third kappa shape index (κ3) is 3.97. The van der Waals surface area contributed by atoms with Gasteiger partial charge in [-0.05, 0) is 49.9 Å². The Morgan fingerprint density at radius 3 is 2.43 bits per heavy atom. The second-order valence-electron chi connectivity index (χ2n) is 5.70. The molecule has 1 aromatic carbocycles. The summed E-state index contributed by atoms with van der Waals surface area (Å²) in [6.07, 6.45) is 5.57. The Bertz CT molecular complexity index is 549. The maximum atomic E-state index is 12.0. The first-order chi connectivity index (χ1) is 9.97. The fourth-order valence-corrected chi connectivity index (χ4v) is 2.75. The van der Waals surface area contributed by atoms with Crippen molar-refractivity contribution in [1.82, 2.24) is 5.32 Å². The molecular weight excluding hydrogens is 268 g/mol. The van der Waals surface area contributed by atoms with E-state index in [1.165, 1.54) is 12.5 Å². The quantitative estimate of drug-likeness (QED) is 0.797. The lowest BCUT2D eigenvalue weighted by atomic mass is 9.96. The van der Waals surface area contributed by atoms with Crippen LogP contribution in [0.2, 0.25) is 0 Å². The molecule has 0 unspecified atom stereocenters. The van der Waals surface area contributed by atoms with Gasteiger partial charge in [0.2, 0.25) is 0 Å². The van der Waals surface area contributed by atoms with Crippen LogP contribution in [-0.4, -0.2) is 23.1 Å². The second kappa shape index (κ2) is 6.61. The van der Waals surface area contributed by atoms with Crippen LogP contribution in [0.15, 0.2) is 12.1 Å². The number of aryl methyl sites for hydroxylation is 1. The van der Waals surface area contributed by atoms with Crippen LogP contribution in [0.25, 0.3) is 0 Å². The van der Waals surface area contributed by atoms with E-state index in [0.717, 1.165) is 36.8 Å². The third-order valence-corrected chi connectivity index (χ3v) is 4.10. The van der Waals surface area contributed by atoms with Gasteiger partial charge in [0.25, 0.3) is 0 Å². The molecule has 1 fully saturated rings. The summed E-state index contributed by atoms with van der Waals surface area (Å²) in [5.74, 6) is -0.980. The molecule has 0 saturated heterocycles. The Hall–Kier alpha value is -2.04. The largest absolute Gasteiger partial charge is 0.478 e. The minimum absolute atomic E-state index is 0.225. The number of carboxylic acids is 1. The molecule has 114 valence electrons. The van der Waals surface area contributed by atoms with E-state index in [2.05, 4.69) is 10.6 Å². The van der Waals surface area contributed by atoms with E-state index in [0.29, 0.717) is 5.69 Å². The van der Waals surface area contributed by atoms with Crippen molar-refractivity contribution in [2.45, 2.75) is 52.0 Å². The number of rotatable bonds is 3. The van der Waals surface area contributed by atoms with Crippen LogP contribution in [0.1, 0.15) is 53.6 Å². The maximum absolute atomic E-state index is 12.0. The minimum Gasteiger partial charge on any atom is -0.478 e. The van der Waals surface area contributed by atoms with Crippen LogP contribution in [0.5, 0.6) is 0 Å². The van der Waals surface area contributed by atoms with Crippen molar-refractivity contribution in [3.05, 3.63) is 28.8 Å². The fourth-order valence-electron chi connectivity index (χ4n) is 2.75. The van der Waals surface area contributed by atoms with Gasteiger partial charge < -0.3 is 15.7 Å². The number of nitrogens with one attached hydrogen (secondary N) is 2. The number of carbonyl (C=O) groups excluding carboxylic acids is 1. The molecule has 21 heavy (non-hydrogen) atoms. The summed E-state index contributed by atoms with van der Waals surface area (Å²) in [6, 6.07) is 3.26. The molecule has 2 rings (SSSR count). The average Bonchev–Trinajstić information content (AvgIpc) is 2.43. The molecule has 1 aliphatic rings. The number of carboxylic acid groups (broad SMARTS) is 1. The molecule has 5 nitrogen and oxygen atoms in total. The minimum atomic E-state index is -0.980. The maximum Gasteiger partial charge on any atom is 0.336 e. The van der Waals surface area contributed by atoms with Gasteiger partial charge in [-0.2, -0.15) is 0 Å². The van der Waals surface area contributed by atoms with Crippen LogP contribution in [-0.2, 0) is 0 Å². The van der Waals surface area contributed by atoms with Crippen molar-refractivity contribution in [1.29, 1.82) is 0 Å². The van der Waals surface area contributed by atoms with E-state index in [9.17, 15) is 14.7 Å². The zero-order chi connectivity index (χ0) is 15.4. The van der Waals surface area contributed by atoms with Crippen LogP contribution in [0, 0.1) is 13.8 Å². The van der Waals surface area contributed by atoms with Crippen molar-refractivity contribution in [2.24, 2.45) is 0 Å². The molecule has 2 amide bonds. The van der Waals surface area contributed by atoms with Crippen LogP contribution in [0.3, 0.4) is 0 Å². The predicted molar refractivity (Wildman–Crippen MR) is 81.9 cm³/mol. The lowest BCUT2D eigenvalue weighted by Gasteiger charge is -2.23. The van der Waals surface area contributed by atoms with E-state index >= 15 is 0 Å². The molecule has 1 aromatic rings. The van der Waals surface area contributed by atoms with E-state index < -0.39 is 5.97 Å². The highest BCUT2D eigenvalue weighted by Gasteiger charge is 2.16. The van der Waals surface area contributed by atoms with E-state index in [1.807, 2.05) is 6.92 Å². The average molecular weight is 290 g/mol. The van der Waals surface area contributed by atoms with Gasteiger partial charge in [0.15, 0.2) is 0 Å². The first kappa shape index (κ1) is 15.4. The first-order valence-corrected chi connectivity index (χ1v) is 7.39. The zero-order valence-corrected chi connectivity index (χ0v) is 12.5. The predicted octanol–water partition coefficient (Wildman–Crippen LogP) is 3.46. The van der Waals surface area contributed by atoms with Crippen molar-refractivity contribution >= 4 is 17.7 Å². The summed E-state index contributed by atoms with van der Waals surface area (Å²) in [5.41, 5.74) is 2.32. The number of anilines is 1. The Labute approximate surface area is 124 Å². The smallest absolute Gasteiger partial charge is 0.336 e. The molecule has 0 bridgehead atoms. The molecule has 1 saturated carbocycles. The first-order valence-electron chi connectivity index (χ1n) is 7.39. The molecule has 3 N–H and O–H groups in total. The molecule has 0 aromatic heterocycles. The topological polar surface area (TPSA) is 78.4 Å². The molecule has 0 aliphatic heterocycles. The summed E-state index contributed by atoms with van der Waals surface area (Å²) in [5, 5.41) is 14.9. The molecule has 0 heterocycles. The van der Waals surface area contributed by atoms with Gasteiger partial charge in [-0.1, -0.05) is 19.3 Å². The van der Waals surface area contributed by atoms with Crippen molar-refractivity contribution < 1.29 is 14.7 Å². The molecule has 0 radical (unpaired) electrons. The number of carbonyl (C=O) groups is 2. The number of benzene rings is 1. The van der Waals surface area contributed by atoms with Gasteiger partial charge in [-0.15, -0.1) is 0 Å². The number of hydrogen-bond donors (Lipinski definition) is 3. The molecule has 5 heteroatoms. The highest BCUT2D eigenvalue weighted by molar-refractivity contribution is 5.94. The summed E-state index contributed by atoms with van der Waals surface area (Å²) in [6.45, 7) is 3.61. The molecule has 0 atom stereocenters. The van der Waals surface area contributed by atoms with Gasteiger partial charge in [0.1, 0.15) is 0 Å². The summed E-state index contributed by atoms with van der Waals surface area (Å²) < 4.78 is 0. The highest BCUT2D eigenvalue weighted by atomic mass is 16.4. The zero-order valence-electron chi connectivity index (χ0n) is 12.5. The van der Waals surface area contributed by atoms with Crippen molar-refractivity contribution in [3.63, 3.8) is 0 Å². The van der Waals surface area contributed by atoms with Gasteiger partial charge in [0.05, 0.1) is 5.56 Å². The summed E-state index contributed by atoms with van der Waals surface area (Å²) in [7, 11) is 0. The van der Waals surface area contributed by atoms with E-state index in [4.69, 9.17) is 0 Å². The van der Waals surface area contributed by atoms with Gasteiger partial charge in [-0.3, -0.25) is 0 Å². The Kier molecular flexibility index (Phi) is 4.83. The highest BCUT2D eigenvalue weighted by Crippen LogP contribution is 2.21. The number of amides is 2. The SMILES string of the molecule is Cc1cc(NC(=O)NC2CCCCC2)cc(C(=O)O)c1C. The van der Waals surface area contributed by atoms with E-state index in [1.54, 1.807) is 13.0 Å². The van der Waals surface area contributed by atoms with Gasteiger partial charge >= 0.3 is 12.0 Å². The standard InChI is InChI=1S/C16H22N2O3/c1-10-8-13(9-14(11(10)2)15(19)20)18-16(21)17-12-6-4-3-5-7-12/h8-9,12H,3-7H2,1-2H3,(H,19,20)(H2,17,18,21). The van der Waals surface area contributed by atoms with Crippen molar-refractivity contribution in [2.75, 3.05) is 5.32 Å². The summed E-state index contributed by atoms with van der Waals surface area (Å²) in [4.78, 5) is 23.2. The molecule has 1 aliphatic carbocycles. The number of aromatic carboxylic acids is 1.